The average Bonchev–Trinajstić information content (AvgIpc) is 2.68. The fraction of sp³-hybridized carbons (Fsp3) is 0.318. The number of ether oxygens (including phenoxy) is 1. The highest BCUT2D eigenvalue weighted by atomic mass is 16.5. The molecule has 5 heteroatoms. The van der Waals surface area contributed by atoms with Crippen molar-refractivity contribution in [2.75, 3.05) is 24.6 Å². The van der Waals surface area contributed by atoms with Crippen molar-refractivity contribution in [3.05, 3.63) is 83.1 Å². The van der Waals surface area contributed by atoms with Crippen LogP contribution in [0, 0.1) is 13.8 Å². The maximum Gasteiger partial charge on any atom is 0.132 e. The fourth-order valence-corrected chi connectivity index (χ4v) is 3.48. The van der Waals surface area contributed by atoms with E-state index < -0.39 is 0 Å². The third kappa shape index (κ3) is 4.31. The number of aromatic nitrogens is 3. The molecule has 0 spiro atoms. The SMILES string of the molecule is Cc1cc(N2CCO[C@@H](c3cccc(Cc4ccccc4)n3)C2)nc(C)n1. The lowest BCUT2D eigenvalue weighted by atomic mass is 10.1. The van der Waals surface area contributed by atoms with Gasteiger partial charge in [0.15, 0.2) is 0 Å². The monoisotopic (exact) mass is 360 g/mol. The first kappa shape index (κ1) is 17.6. The maximum absolute atomic E-state index is 6.03. The van der Waals surface area contributed by atoms with Crippen LogP contribution < -0.4 is 4.90 Å². The Morgan fingerprint density at radius 2 is 1.85 bits per heavy atom. The topological polar surface area (TPSA) is 51.1 Å². The van der Waals surface area contributed by atoms with Crippen LogP contribution in [0.25, 0.3) is 0 Å². The van der Waals surface area contributed by atoms with Gasteiger partial charge in [-0.3, -0.25) is 4.98 Å². The zero-order chi connectivity index (χ0) is 18.6. The predicted molar refractivity (Wildman–Crippen MR) is 106 cm³/mol. The van der Waals surface area contributed by atoms with Gasteiger partial charge in [0.1, 0.15) is 17.7 Å². The molecule has 0 amide bonds. The molecule has 1 aliphatic rings. The van der Waals surface area contributed by atoms with E-state index >= 15 is 0 Å². The lowest BCUT2D eigenvalue weighted by Gasteiger charge is -2.33. The molecule has 0 saturated carbocycles. The van der Waals surface area contributed by atoms with Gasteiger partial charge in [-0.05, 0) is 31.5 Å². The highest BCUT2D eigenvalue weighted by molar-refractivity contribution is 5.40. The summed E-state index contributed by atoms with van der Waals surface area (Å²) in [7, 11) is 0. The third-order valence-corrected chi connectivity index (χ3v) is 4.73. The normalized spacial score (nSPS) is 17.1. The maximum atomic E-state index is 6.03. The predicted octanol–water partition coefficient (Wildman–Crippen LogP) is 3.66. The molecular weight excluding hydrogens is 336 g/mol. The van der Waals surface area contributed by atoms with E-state index in [9.17, 15) is 0 Å². The number of hydrogen-bond acceptors (Lipinski definition) is 5. The van der Waals surface area contributed by atoms with E-state index in [0.29, 0.717) is 6.61 Å². The van der Waals surface area contributed by atoms with Crippen molar-refractivity contribution in [1.29, 1.82) is 0 Å². The van der Waals surface area contributed by atoms with Gasteiger partial charge in [-0.15, -0.1) is 0 Å². The molecule has 1 fully saturated rings. The van der Waals surface area contributed by atoms with Crippen molar-refractivity contribution < 1.29 is 4.74 Å². The minimum Gasteiger partial charge on any atom is -0.368 e. The van der Waals surface area contributed by atoms with Crippen molar-refractivity contribution in [2.24, 2.45) is 0 Å². The van der Waals surface area contributed by atoms with Gasteiger partial charge in [0.25, 0.3) is 0 Å². The second kappa shape index (κ2) is 7.84. The van der Waals surface area contributed by atoms with E-state index in [0.717, 1.165) is 48.2 Å². The number of nitrogens with zero attached hydrogens (tertiary/aromatic N) is 4. The Morgan fingerprint density at radius 1 is 1.00 bits per heavy atom. The van der Waals surface area contributed by atoms with E-state index in [-0.39, 0.29) is 6.10 Å². The molecule has 2 aromatic heterocycles. The van der Waals surface area contributed by atoms with Crippen LogP contribution in [0.5, 0.6) is 0 Å². The average molecular weight is 360 g/mol. The second-order valence-corrected chi connectivity index (χ2v) is 6.94. The lowest BCUT2D eigenvalue weighted by molar-refractivity contribution is 0.0366. The van der Waals surface area contributed by atoms with Crippen molar-refractivity contribution in [2.45, 2.75) is 26.4 Å². The van der Waals surface area contributed by atoms with Gasteiger partial charge < -0.3 is 9.64 Å². The van der Waals surface area contributed by atoms with Crippen molar-refractivity contribution in [3.8, 4) is 0 Å². The zero-order valence-electron chi connectivity index (χ0n) is 15.8. The Balaban J connectivity index is 1.52. The molecule has 5 nitrogen and oxygen atoms in total. The Hall–Kier alpha value is -2.79. The molecule has 3 heterocycles. The molecule has 1 aromatic carbocycles. The van der Waals surface area contributed by atoms with E-state index in [1.807, 2.05) is 26.0 Å². The molecule has 3 aromatic rings. The summed E-state index contributed by atoms with van der Waals surface area (Å²) >= 11 is 0. The Kier molecular flexibility index (Phi) is 5.12. The molecule has 1 aliphatic heterocycles. The van der Waals surface area contributed by atoms with E-state index in [1.54, 1.807) is 0 Å². The molecule has 0 radical (unpaired) electrons. The van der Waals surface area contributed by atoms with Gasteiger partial charge in [-0.2, -0.15) is 0 Å². The number of hydrogen-bond donors (Lipinski definition) is 0. The van der Waals surface area contributed by atoms with Crippen LogP contribution in [0.1, 0.15) is 34.6 Å². The molecule has 0 aliphatic carbocycles. The van der Waals surface area contributed by atoms with Gasteiger partial charge in [0.2, 0.25) is 0 Å². The molecule has 0 bridgehead atoms. The Labute approximate surface area is 160 Å². The summed E-state index contributed by atoms with van der Waals surface area (Å²) in [5, 5.41) is 0. The van der Waals surface area contributed by atoms with Crippen LogP contribution in [0.3, 0.4) is 0 Å². The number of anilines is 1. The number of rotatable bonds is 4. The standard InChI is InChI=1S/C22H24N4O/c1-16-13-22(24-17(2)23-16)26-11-12-27-21(15-26)20-10-6-9-19(25-20)14-18-7-4-3-5-8-18/h3-10,13,21H,11-12,14-15H2,1-2H3/t21-/m1/s1. The van der Waals surface area contributed by atoms with Crippen molar-refractivity contribution in [3.63, 3.8) is 0 Å². The van der Waals surface area contributed by atoms with Crippen molar-refractivity contribution >= 4 is 5.82 Å². The molecule has 0 N–H and O–H groups in total. The van der Waals surface area contributed by atoms with Gasteiger partial charge in [0, 0.05) is 30.4 Å². The Morgan fingerprint density at radius 3 is 2.67 bits per heavy atom. The van der Waals surface area contributed by atoms with E-state index in [2.05, 4.69) is 57.3 Å². The summed E-state index contributed by atoms with van der Waals surface area (Å²) in [5.41, 5.74) is 4.30. The summed E-state index contributed by atoms with van der Waals surface area (Å²) in [6, 6.07) is 18.7. The summed E-state index contributed by atoms with van der Waals surface area (Å²) in [6.45, 7) is 6.18. The van der Waals surface area contributed by atoms with Crippen LogP contribution in [0.2, 0.25) is 0 Å². The largest absolute Gasteiger partial charge is 0.368 e. The summed E-state index contributed by atoms with van der Waals surface area (Å²) in [6.07, 6.45) is 0.778. The third-order valence-electron chi connectivity index (χ3n) is 4.73. The van der Waals surface area contributed by atoms with E-state index in [1.165, 1.54) is 5.56 Å². The fourth-order valence-electron chi connectivity index (χ4n) is 3.48. The molecule has 0 unspecified atom stereocenters. The second-order valence-electron chi connectivity index (χ2n) is 6.94. The first-order chi connectivity index (χ1) is 13.2. The van der Waals surface area contributed by atoms with Crippen molar-refractivity contribution in [1.82, 2.24) is 15.0 Å². The van der Waals surface area contributed by atoms with E-state index in [4.69, 9.17) is 9.72 Å². The summed E-state index contributed by atoms with van der Waals surface area (Å²) < 4.78 is 6.03. The molecule has 27 heavy (non-hydrogen) atoms. The van der Waals surface area contributed by atoms with Gasteiger partial charge >= 0.3 is 0 Å². The number of pyridine rings is 1. The van der Waals surface area contributed by atoms with Gasteiger partial charge in [-0.1, -0.05) is 36.4 Å². The zero-order valence-corrected chi connectivity index (χ0v) is 15.8. The van der Waals surface area contributed by atoms with Gasteiger partial charge in [0.05, 0.1) is 18.8 Å². The first-order valence-electron chi connectivity index (χ1n) is 9.36. The molecule has 138 valence electrons. The minimum absolute atomic E-state index is 0.0509. The summed E-state index contributed by atoms with van der Waals surface area (Å²) in [4.78, 5) is 16.1. The molecule has 4 rings (SSSR count). The summed E-state index contributed by atoms with van der Waals surface area (Å²) in [5.74, 6) is 1.77. The van der Waals surface area contributed by atoms with Gasteiger partial charge in [-0.25, -0.2) is 9.97 Å². The van der Waals surface area contributed by atoms with Crippen LogP contribution in [-0.4, -0.2) is 34.6 Å². The quantitative estimate of drug-likeness (QED) is 0.711. The Bertz CT molecular complexity index is 893. The highest BCUT2D eigenvalue weighted by Crippen LogP contribution is 2.25. The van der Waals surface area contributed by atoms with Crippen LogP contribution in [-0.2, 0) is 11.2 Å². The minimum atomic E-state index is -0.0509. The van der Waals surface area contributed by atoms with Crippen LogP contribution in [0.4, 0.5) is 5.82 Å². The highest BCUT2D eigenvalue weighted by Gasteiger charge is 2.24. The molecule has 1 atom stereocenters. The number of aryl methyl sites for hydroxylation is 2. The molecule has 1 saturated heterocycles. The van der Waals surface area contributed by atoms with Crippen LogP contribution in [0.15, 0.2) is 54.6 Å². The molecular formula is C22H24N4O. The number of morpholine rings is 1. The lowest BCUT2D eigenvalue weighted by Crippen LogP contribution is -2.39. The first-order valence-corrected chi connectivity index (χ1v) is 9.36. The number of benzene rings is 1. The smallest absolute Gasteiger partial charge is 0.132 e. The van der Waals surface area contributed by atoms with Crippen LogP contribution >= 0.6 is 0 Å².